The smallest absolute Gasteiger partial charge is 0.137 e. The van der Waals surface area contributed by atoms with Gasteiger partial charge in [-0.25, -0.2) is 4.98 Å². The fraction of sp³-hybridized carbons (Fsp3) is 0.615. The molecule has 0 aliphatic heterocycles. The van der Waals surface area contributed by atoms with E-state index in [2.05, 4.69) is 16.6 Å². The van der Waals surface area contributed by atoms with Crippen LogP contribution in [0.2, 0.25) is 0 Å². The second kappa shape index (κ2) is 5.63. The Balaban J connectivity index is 1.92. The average Bonchev–Trinajstić information content (AvgIpc) is 2.86. The molecule has 94 valence electrons. The highest BCUT2D eigenvalue weighted by Crippen LogP contribution is 2.40. The molecule has 1 aliphatic rings. The van der Waals surface area contributed by atoms with E-state index < -0.39 is 0 Å². The molecule has 0 aromatic carbocycles. The van der Waals surface area contributed by atoms with Gasteiger partial charge in [0.1, 0.15) is 11.6 Å². The number of methoxy groups -OCH3 is 1. The minimum absolute atomic E-state index is 0.418. The summed E-state index contributed by atoms with van der Waals surface area (Å²) in [5.41, 5.74) is 0. The van der Waals surface area contributed by atoms with E-state index in [1.165, 1.54) is 25.7 Å². The van der Waals surface area contributed by atoms with E-state index in [4.69, 9.17) is 4.74 Å². The van der Waals surface area contributed by atoms with Crippen molar-refractivity contribution in [3.8, 4) is 5.75 Å². The van der Waals surface area contributed by atoms with Gasteiger partial charge in [-0.2, -0.15) is 11.8 Å². The molecular weight excluding hydrogens is 232 g/mol. The Morgan fingerprint density at radius 2 is 2.18 bits per heavy atom. The van der Waals surface area contributed by atoms with Crippen molar-refractivity contribution in [1.82, 2.24) is 4.98 Å². The molecule has 1 aromatic rings. The summed E-state index contributed by atoms with van der Waals surface area (Å²) in [5, 5.41) is 3.44. The lowest BCUT2D eigenvalue weighted by Gasteiger charge is -2.27. The molecular formula is C13H20N2OS. The van der Waals surface area contributed by atoms with Crippen LogP contribution in [0.4, 0.5) is 5.82 Å². The van der Waals surface area contributed by atoms with Crippen LogP contribution in [0.15, 0.2) is 18.3 Å². The van der Waals surface area contributed by atoms with Crippen LogP contribution in [-0.2, 0) is 0 Å². The summed E-state index contributed by atoms with van der Waals surface area (Å²) in [7, 11) is 1.66. The van der Waals surface area contributed by atoms with Crippen molar-refractivity contribution in [2.45, 2.75) is 30.4 Å². The Hall–Kier alpha value is -0.900. The lowest BCUT2D eigenvalue weighted by atomic mass is 10.1. The molecule has 0 radical (unpaired) electrons. The summed E-state index contributed by atoms with van der Waals surface area (Å²) in [5.74, 6) is 1.74. The molecule has 1 aromatic heterocycles. The van der Waals surface area contributed by atoms with E-state index in [-0.39, 0.29) is 0 Å². The minimum atomic E-state index is 0.418. The number of hydrogen-bond acceptors (Lipinski definition) is 4. The molecule has 1 fully saturated rings. The van der Waals surface area contributed by atoms with Crippen molar-refractivity contribution in [2.24, 2.45) is 0 Å². The Morgan fingerprint density at radius 3 is 2.71 bits per heavy atom. The van der Waals surface area contributed by atoms with Gasteiger partial charge < -0.3 is 10.1 Å². The third kappa shape index (κ3) is 3.06. The predicted molar refractivity (Wildman–Crippen MR) is 74.0 cm³/mol. The van der Waals surface area contributed by atoms with Crippen LogP contribution in [-0.4, -0.2) is 29.6 Å². The fourth-order valence-electron chi connectivity index (χ4n) is 2.33. The van der Waals surface area contributed by atoms with Crippen molar-refractivity contribution in [2.75, 3.05) is 25.2 Å². The summed E-state index contributed by atoms with van der Waals surface area (Å²) in [6, 6.07) is 3.91. The van der Waals surface area contributed by atoms with E-state index in [1.54, 1.807) is 13.3 Å². The number of aromatic nitrogens is 1. The Bertz CT molecular complexity index is 347. The summed E-state index contributed by atoms with van der Waals surface area (Å²) in [6.45, 7) is 1.01. The third-order valence-corrected chi connectivity index (χ3v) is 4.93. The molecule has 0 saturated heterocycles. The van der Waals surface area contributed by atoms with Crippen molar-refractivity contribution < 1.29 is 4.74 Å². The second-order valence-electron chi connectivity index (χ2n) is 4.53. The van der Waals surface area contributed by atoms with Crippen LogP contribution in [0.25, 0.3) is 0 Å². The Kier molecular flexibility index (Phi) is 4.15. The Morgan fingerprint density at radius 1 is 1.41 bits per heavy atom. The summed E-state index contributed by atoms with van der Waals surface area (Å²) < 4.78 is 5.51. The standard InChI is InChI=1S/C13H20N2OS/c1-16-11-5-6-12(14-9-11)15-10-13(17-2)7-3-4-8-13/h5-6,9H,3-4,7-8,10H2,1-2H3,(H,14,15). The molecule has 1 saturated carbocycles. The molecule has 1 N–H and O–H groups in total. The van der Waals surface area contributed by atoms with Gasteiger partial charge in [-0.1, -0.05) is 12.8 Å². The van der Waals surface area contributed by atoms with Crippen LogP contribution in [0.3, 0.4) is 0 Å². The van der Waals surface area contributed by atoms with E-state index >= 15 is 0 Å². The first kappa shape index (κ1) is 12.6. The van der Waals surface area contributed by atoms with Gasteiger partial charge in [-0.15, -0.1) is 0 Å². The molecule has 4 heteroatoms. The van der Waals surface area contributed by atoms with Gasteiger partial charge in [0.25, 0.3) is 0 Å². The van der Waals surface area contributed by atoms with E-state index in [9.17, 15) is 0 Å². The maximum Gasteiger partial charge on any atom is 0.137 e. The van der Waals surface area contributed by atoms with Gasteiger partial charge in [-0.3, -0.25) is 0 Å². The molecule has 1 heterocycles. The molecule has 0 spiro atoms. The normalized spacial score (nSPS) is 18.0. The summed E-state index contributed by atoms with van der Waals surface area (Å²) in [4.78, 5) is 4.33. The van der Waals surface area contributed by atoms with E-state index in [0.717, 1.165) is 18.1 Å². The fourth-order valence-corrected chi connectivity index (χ4v) is 3.24. The van der Waals surface area contributed by atoms with Gasteiger partial charge in [0.15, 0.2) is 0 Å². The minimum Gasteiger partial charge on any atom is -0.495 e. The van der Waals surface area contributed by atoms with Crippen molar-refractivity contribution in [3.05, 3.63) is 18.3 Å². The topological polar surface area (TPSA) is 34.1 Å². The van der Waals surface area contributed by atoms with Crippen molar-refractivity contribution in [1.29, 1.82) is 0 Å². The van der Waals surface area contributed by atoms with Crippen molar-refractivity contribution >= 4 is 17.6 Å². The van der Waals surface area contributed by atoms with E-state index in [1.807, 2.05) is 23.9 Å². The van der Waals surface area contributed by atoms with Gasteiger partial charge in [0, 0.05) is 11.3 Å². The zero-order chi connectivity index (χ0) is 12.1. The van der Waals surface area contributed by atoms with E-state index in [0.29, 0.717) is 4.75 Å². The molecule has 17 heavy (non-hydrogen) atoms. The SMILES string of the molecule is COc1ccc(NCC2(SC)CCCC2)nc1. The number of nitrogens with zero attached hydrogens (tertiary/aromatic N) is 1. The van der Waals surface area contributed by atoms with Crippen LogP contribution in [0.5, 0.6) is 5.75 Å². The number of hydrogen-bond donors (Lipinski definition) is 1. The number of pyridine rings is 1. The first-order valence-electron chi connectivity index (χ1n) is 6.07. The van der Waals surface area contributed by atoms with Gasteiger partial charge in [0.05, 0.1) is 13.3 Å². The maximum atomic E-state index is 5.09. The van der Waals surface area contributed by atoms with Crippen LogP contribution in [0.1, 0.15) is 25.7 Å². The monoisotopic (exact) mass is 252 g/mol. The third-order valence-electron chi connectivity index (χ3n) is 3.51. The lowest BCUT2D eigenvalue weighted by molar-refractivity contribution is 0.413. The van der Waals surface area contributed by atoms with Gasteiger partial charge >= 0.3 is 0 Å². The first-order chi connectivity index (χ1) is 8.28. The quantitative estimate of drug-likeness (QED) is 0.872. The first-order valence-corrected chi connectivity index (χ1v) is 7.29. The van der Waals surface area contributed by atoms with Crippen LogP contribution < -0.4 is 10.1 Å². The molecule has 2 rings (SSSR count). The highest BCUT2D eigenvalue weighted by atomic mass is 32.2. The average molecular weight is 252 g/mol. The molecule has 0 unspecified atom stereocenters. The predicted octanol–water partition coefficient (Wildman–Crippen LogP) is 3.18. The van der Waals surface area contributed by atoms with Crippen LogP contribution >= 0.6 is 11.8 Å². The molecule has 1 aliphatic carbocycles. The van der Waals surface area contributed by atoms with Crippen LogP contribution in [0, 0.1) is 0 Å². The number of rotatable bonds is 5. The van der Waals surface area contributed by atoms with Crippen molar-refractivity contribution in [3.63, 3.8) is 0 Å². The highest BCUT2D eigenvalue weighted by Gasteiger charge is 2.32. The zero-order valence-electron chi connectivity index (χ0n) is 10.5. The van der Waals surface area contributed by atoms with Gasteiger partial charge in [0.2, 0.25) is 0 Å². The maximum absolute atomic E-state index is 5.09. The summed E-state index contributed by atoms with van der Waals surface area (Å²) in [6.07, 6.45) is 9.32. The second-order valence-corrected chi connectivity index (χ2v) is 5.81. The number of nitrogens with one attached hydrogen (secondary N) is 1. The molecule has 0 atom stereocenters. The zero-order valence-corrected chi connectivity index (χ0v) is 11.3. The number of ether oxygens (including phenoxy) is 1. The lowest BCUT2D eigenvalue weighted by Crippen LogP contribution is -2.30. The molecule has 0 bridgehead atoms. The largest absolute Gasteiger partial charge is 0.495 e. The Labute approximate surface area is 107 Å². The molecule has 3 nitrogen and oxygen atoms in total. The number of thioether (sulfide) groups is 1. The highest BCUT2D eigenvalue weighted by molar-refractivity contribution is 8.00. The molecule has 0 amide bonds. The summed E-state index contributed by atoms with van der Waals surface area (Å²) >= 11 is 1.99. The number of anilines is 1. The van der Waals surface area contributed by atoms with Gasteiger partial charge in [-0.05, 0) is 31.2 Å².